The van der Waals surface area contributed by atoms with Gasteiger partial charge >= 0.3 is 0 Å². The molecule has 1 aliphatic heterocycles. The fraction of sp³-hybridized carbons (Fsp3) is 0.417. The lowest BCUT2D eigenvalue weighted by Gasteiger charge is -2.26. The maximum Gasteiger partial charge on any atom is 0.124 e. The summed E-state index contributed by atoms with van der Waals surface area (Å²) in [6.07, 6.45) is 0. The molecule has 0 unspecified atom stereocenters. The predicted molar refractivity (Wildman–Crippen MR) is 64.3 cm³/mol. The Hall–Kier alpha value is -1.25. The molecule has 0 saturated carbocycles. The van der Waals surface area contributed by atoms with Crippen LogP contribution in [0.5, 0.6) is 0 Å². The molecule has 2 rings (SSSR count). The number of benzene rings is 1. The molecule has 1 saturated heterocycles. The largest absolute Gasteiger partial charge is 0.297 e. The number of hydrogen-bond donors (Lipinski definition) is 0. The molecule has 3 nitrogen and oxygen atoms in total. The van der Waals surface area contributed by atoms with Crippen molar-refractivity contribution in [2.45, 2.75) is 6.54 Å². The Bertz CT molecular complexity index is 474. The van der Waals surface area contributed by atoms with E-state index in [-0.39, 0.29) is 5.82 Å². The minimum atomic E-state index is -0.696. The van der Waals surface area contributed by atoms with Crippen molar-refractivity contribution in [3.8, 4) is 6.07 Å². The zero-order valence-corrected chi connectivity index (χ0v) is 10.2. The molecule has 0 amide bonds. The maximum atomic E-state index is 13.0. The molecule has 90 valence electrons. The highest BCUT2D eigenvalue weighted by Gasteiger charge is 2.16. The lowest BCUT2D eigenvalue weighted by atomic mass is 10.1. The summed E-state index contributed by atoms with van der Waals surface area (Å²) in [5.74, 6) is 0.983. The molecule has 1 heterocycles. The molecule has 0 N–H and O–H groups in total. The zero-order chi connectivity index (χ0) is 12.3. The molecule has 1 aromatic rings. The van der Waals surface area contributed by atoms with Gasteiger partial charge in [-0.3, -0.25) is 9.11 Å². The van der Waals surface area contributed by atoms with Gasteiger partial charge in [0.1, 0.15) is 5.82 Å². The van der Waals surface area contributed by atoms with E-state index < -0.39 is 10.8 Å². The Balaban J connectivity index is 2.08. The van der Waals surface area contributed by atoms with Crippen molar-refractivity contribution in [1.29, 1.82) is 5.26 Å². The SMILES string of the molecule is N#Cc1cc(F)ccc1CN1CCS(=O)CC1. The van der Waals surface area contributed by atoms with E-state index in [4.69, 9.17) is 5.26 Å². The van der Waals surface area contributed by atoms with Crippen LogP contribution in [0.1, 0.15) is 11.1 Å². The van der Waals surface area contributed by atoms with Crippen LogP contribution in [0.2, 0.25) is 0 Å². The van der Waals surface area contributed by atoms with Crippen LogP contribution in [0.3, 0.4) is 0 Å². The molecule has 17 heavy (non-hydrogen) atoms. The molecule has 0 radical (unpaired) electrons. The van der Waals surface area contributed by atoms with Gasteiger partial charge in [0.15, 0.2) is 0 Å². The monoisotopic (exact) mass is 252 g/mol. The van der Waals surface area contributed by atoms with Crippen LogP contribution >= 0.6 is 0 Å². The molecule has 0 bridgehead atoms. The van der Waals surface area contributed by atoms with Gasteiger partial charge in [-0.2, -0.15) is 5.26 Å². The third kappa shape index (κ3) is 3.11. The van der Waals surface area contributed by atoms with E-state index in [2.05, 4.69) is 4.90 Å². The first-order chi connectivity index (χ1) is 8.19. The summed E-state index contributed by atoms with van der Waals surface area (Å²) in [6.45, 7) is 2.17. The highest BCUT2D eigenvalue weighted by atomic mass is 32.2. The van der Waals surface area contributed by atoms with Gasteiger partial charge in [0.2, 0.25) is 0 Å². The minimum Gasteiger partial charge on any atom is -0.297 e. The Morgan fingerprint density at radius 3 is 2.76 bits per heavy atom. The molecule has 0 aliphatic carbocycles. The molecule has 0 spiro atoms. The summed E-state index contributed by atoms with van der Waals surface area (Å²) >= 11 is 0. The number of halogens is 1. The van der Waals surface area contributed by atoms with Crippen LogP contribution in [-0.4, -0.2) is 33.7 Å². The summed E-state index contributed by atoms with van der Waals surface area (Å²) in [4.78, 5) is 2.15. The van der Waals surface area contributed by atoms with E-state index in [1.807, 2.05) is 6.07 Å². The summed E-state index contributed by atoms with van der Waals surface area (Å²) in [5.41, 5.74) is 1.22. The highest BCUT2D eigenvalue weighted by molar-refractivity contribution is 7.85. The van der Waals surface area contributed by atoms with Crippen LogP contribution in [-0.2, 0) is 17.3 Å². The van der Waals surface area contributed by atoms with Crippen molar-refractivity contribution in [2.75, 3.05) is 24.6 Å². The van der Waals surface area contributed by atoms with Crippen LogP contribution in [0, 0.1) is 17.1 Å². The number of nitriles is 1. The topological polar surface area (TPSA) is 44.1 Å². The normalized spacial score (nSPS) is 17.9. The van der Waals surface area contributed by atoms with Crippen LogP contribution in [0.25, 0.3) is 0 Å². The standard InChI is InChI=1S/C12H13FN2OS/c13-12-2-1-10(11(7-12)8-14)9-15-3-5-17(16)6-4-15/h1-2,7H,3-6,9H2. The minimum absolute atomic E-state index is 0.384. The second-order valence-electron chi connectivity index (χ2n) is 4.04. The maximum absolute atomic E-state index is 13.0. The lowest BCUT2D eigenvalue weighted by Crippen LogP contribution is -2.37. The van der Waals surface area contributed by atoms with Gasteiger partial charge in [-0.05, 0) is 17.7 Å². The van der Waals surface area contributed by atoms with Gasteiger partial charge in [0.25, 0.3) is 0 Å². The van der Waals surface area contributed by atoms with Crippen LogP contribution in [0.4, 0.5) is 4.39 Å². The zero-order valence-electron chi connectivity index (χ0n) is 9.36. The quantitative estimate of drug-likeness (QED) is 0.796. The smallest absolute Gasteiger partial charge is 0.124 e. The second-order valence-corrected chi connectivity index (χ2v) is 5.73. The molecular weight excluding hydrogens is 239 g/mol. The van der Waals surface area contributed by atoms with Gasteiger partial charge in [0, 0.05) is 41.9 Å². The third-order valence-electron chi connectivity index (χ3n) is 2.86. The van der Waals surface area contributed by atoms with E-state index in [1.54, 1.807) is 6.07 Å². The first-order valence-corrected chi connectivity index (χ1v) is 6.93. The molecule has 5 heteroatoms. The molecule has 0 aromatic heterocycles. The van der Waals surface area contributed by atoms with E-state index in [0.29, 0.717) is 23.6 Å². The fourth-order valence-electron chi connectivity index (χ4n) is 1.87. The van der Waals surface area contributed by atoms with Crippen molar-refractivity contribution in [3.63, 3.8) is 0 Å². The first-order valence-electron chi connectivity index (χ1n) is 5.45. The Morgan fingerprint density at radius 2 is 2.12 bits per heavy atom. The van der Waals surface area contributed by atoms with Crippen molar-refractivity contribution >= 4 is 10.8 Å². The third-order valence-corrected chi connectivity index (χ3v) is 4.13. The number of rotatable bonds is 2. The highest BCUT2D eigenvalue weighted by Crippen LogP contribution is 2.14. The molecular formula is C12H13FN2OS. The average molecular weight is 252 g/mol. The Kier molecular flexibility index (Phi) is 3.87. The van der Waals surface area contributed by atoms with Gasteiger partial charge in [-0.15, -0.1) is 0 Å². The van der Waals surface area contributed by atoms with E-state index in [1.165, 1.54) is 12.1 Å². The van der Waals surface area contributed by atoms with Crippen molar-refractivity contribution < 1.29 is 8.60 Å². The summed E-state index contributed by atoms with van der Waals surface area (Å²) < 4.78 is 24.2. The van der Waals surface area contributed by atoms with Gasteiger partial charge in [-0.1, -0.05) is 6.07 Å². The molecule has 1 fully saturated rings. The average Bonchev–Trinajstić information content (AvgIpc) is 2.34. The second kappa shape index (κ2) is 5.39. The molecule has 0 atom stereocenters. The van der Waals surface area contributed by atoms with E-state index in [0.717, 1.165) is 18.7 Å². The van der Waals surface area contributed by atoms with Crippen molar-refractivity contribution in [1.82, 2.24) is 4.90 Å². The van der Waals surface area contributed by atoms with E-state index >= 15 is 0 Å². The first kappa shape index (κ1) is 12.2. The van der Waals surface area contributed by atoms with Gasteiger partial charge in [-0.25, -0.2) is 4.39 Å². The van der Waals surface area contributed by atoms with Crippen LogP contribution in [0.15, 0.2) is 18.2 Å². The lowest BCUT2D eigenvalue weighted by molar-refractivity contribution is 0.291. The Morgan fingerprint density at radius 1 is 1.41 bits per heavy atom. The summed E-state index contributed by atoms with van der Waals surface area (Å²) in [6, 6.07) is 6.29. The molecule has 1 aliphatic rings. The number of nitrogens with zero attached hydrogens (tertiary/aromatic N) is 2. The Labute approximate surface area is 102 Å². The fourth-order valence-corrected chi connectivity index (χ4v) is 2.99. The van der Waals surface area contributed by atoms with E-state index in [9.17, 15) is 8.60 Å². The summed E-state index contributed by atoms with van der Waals surface area (Å²) in [7, 11) is -0.696. The number of hydrogen-bond acceptors (Lipinski definition) is 3. The van der Waals surface area contributed by atoms with Gasteiger partial charge < -0.3 is 0 Å². The predicted octanol–water partition coefficient (Wildman–Crippen LogP) is 1.26. The van der Waals surface area contributed by atoms with Crippen molar-refractivity contribution in [3.05, 3.63) is 35.1 Å². The van der Waals surface area contributed by atoms with Crippen molar-refractivity contribution in [2.24, 2.45) is 0 Å². The van der Waals surface area contributed by atoms with Gasteiger partial charge in [0.05, 0.1) is 11.6 Å². The summed E-state index contributed by atoms with van der Waals surface area (Å²) in [5, 5.41) is 8.93. The molecule has 1 aromatic carbocycles. The van der Waals surface area contributed by atoms with Crippen LogP contribution < -0.4 is 0 Å².